The van der Waals surface area contributed by atoms with Gasteiger partial charge in [-0.3, -0.25) is 14.4 Å². The Morgan fingerprint density at radius 1 is 0.872 bits per heavy atom. The highest BCUT2D eigenvalue weighted by Gasteiger charge is 2.32. The number of ketones is 1. The van der Waals surface area contributed by atoms with Crippen molar-refractivity contribution in [3.63, 3.8) is 0 Å². The van der Waals surface area contributed by atoms with Crippen LogP contribution in [0.5, 0.6) is 5.75 Å². The van der Waals surface area contributed by atoms with Crippen LogP contribution in [0, 0.1) is 5.92 Å². The number of nitrogens with one attached hydrogen (secondary N) is 1. The number of phenolic OH excluding ortho intramolecular Hbond substituents is 1. The van der Waals surface area contributed by atoms with Crippen LogP contribution >= 0.6 is 0 Å². The van der Waals surface area contributed by atoms with E-state index in [9.17, 15) is 19.2 Å². The first kappa shape index (κ1) is 33.2. The summed E-state index contributed by atoms with van der Waals surface area (Å²) in [6, 6.07) is 13.3. The number of benzene rings is 2. The van der Waals surface area contributed by atoms with Gasteiger partial charge in [-0.1, -0.05) is 56.3 Å². The van der Waals surface area contributed by atoms with E-state index in [4.69, 9.17) is 32.5 Å². The zero-order valence-electron chi connectivity index (χ0n) is 22.5. The Morgan fingerprint density at radius 3 is 1.87 bits per heavy atom. The van der Waals surface area contributed by atoms with Gasteiger partial charge in [0.05, 0.1) is 12.1 Å². The molecule has 1 unspecified atom stereocenters. The molecule has 0 aromatic heterocycles. The molecule has 0 saturated heterocycles. The first-order chi connectivity index (χ1) is 18.1. The molecule has 0 bridgehead atoms. The molecule has 0 aliphatic rings. The molecule has 11 heteroatoms. The maximum atomic E-state index is 11.9. The van der Waals surface area contributed by atoms with Crippen LogP contribution < -0.4 is 22.5 Å². The molecule has 4 atom stereocenters. The highest BCUT2D eigenvalue weighted by Crippen LogP contribution is 2.13. The van der Waals surface area contributed by atoms with Gasteiger partial charge >= 0.3 is 11.9 Å². The normalized spacial score (nSPS) is 14.6. The van der Waals surface area contributed by atoms with Crippen molar-refractivity contribution in [2.45, 2.75) is 70.1 Å². The predicted octanol–water partition coefficient (Wildman–Crippen LogP) is 1.20. The van der Waals surface area contributed by atoms with Crippen molar-refractivity contribution in [2.24, 2.45) is 23.1 Å². The Bertz CT molecular complexity index is 1090. The highest BCUT2D eigenvalue weighted by molar-refractivity contribution is 5.91. The maximum absolute atomic E-state index is 11.9. The quantitative estimate of drug-likeness (QED) is 0.191. The van der Waals surface area contributed by atoms with E-state index in [0.717, 1.165) is 11.1 Å². The minimum atomic E-state index is -1.61. The Labute approximate surface area is 228 Å². The molecule has 2 rings (SSSR count). The number of phenols is 1. The molecule has 2 aromatic carbocycles. The number of rotatable bonds is 13. The third kappa shape index (κ3) is 12.5. The second-order valence-electron chi connectivity index (χ2n) is 10.2. The monoisotopic (exact) mass is 544 g/mol. The molecule has 0 fully saturated rings. The highest BCUT2D eigenvalue weighted by atomic mass is 16.4. The van der Waals surface area contributed by atoms with Crippen molar-refractivity contribution in [2.75, 3.05) is 0 Å². The van der Waals surface area contributed by atoms with Gasteiger partial charge < -0.3 is 37.8 Å². The molecule has 0 aliphatic heterocycles. The largest absolute Gasteiger partial charge is 0.508 e. The number of hydrogen-bond donors (Lipinski definition) is 7. The van der Waals surface area contributed by atoms with Crippen molar-refractivity contribution >= 4 is 23.6 Å². The van der Waals surface area contributed by atoms with Crippen LogP contribution in [0.3, 0.4) is 0 Å². The average Bonchev–Trinajstić information content (AvgIpc) is 2.85. The molecular weight excluding hydrogens is 504 g/mol. The van der Waals surface area contributed by atoms with Gasteiger partial charge in [-0.25, -0.2) is 4.79 Å². The molecule has 0 spiro atoms. The minimum Gasteiger partial charge on any atom is -0.508 e. The van der Waals surface area contributed by atoms with E-state index in [-0.39, 0.29) is 24.5 Å². The van der Waals surface area contributed by atoms with Crippen LogP contribution in [0.1, 0.15) is 44.7 Å². The van der Waals surface area contributed by atoms with E-state index in [1.54, 1.807) is 12.1 Å². The van der Waals surface area contributed by atoms with Gasteiger partial charge in [0.15, 0.2) is 5.78 Å². The predicted molar refractivity (Wildman–Crippen MR) is 147 cm³/mol. The number of Topliss-reactive ketones (excluding diaryl/α,β-unsaturated/α-hetero) is 1. The second-order valence-corrected chi connectivity index (χ2v) is 10.2. The molecule has 1 amide bonds. The number of carbonyl (C=O) groups is 4. The average molecular weight is 545 g/mol. The number of amides is 1. The molecular formula is C28H40N4O7. The van der Waals surface area contributed by atoms with Crippen LogP contribution in [0.25, 0.3) is 0 Å². The lowest BCUT2D eigenvalue weighted by atomic mass is 9.91. The van der Waals surface area contributed by atoms with Crippen molar-refractivity contribution in [1.82, 2.24) is 5.32 Å². The summed E-state index contributed by atoms with van der Waals surface area (Å²) in [7, 11) is 0. The second kappa shape index (κ2) is 15.6. The molecule has 214 valence electrons. The Kier molecular flexibility index (Phi) is 13.3. The first-order valence-electron chi connectivity index (χ1n) is 12.5. The summed E-state index contributed by atoms with van der Waals surface area (Å²) in [6.07, 6.45) is 0.732. The van der Waals surface area contributed by atoms with Gasteiger partial charge in [0.25, 0.3) is 0 Å². The SMILES string of the molecule is CC(C)C[C@H](NC(=O)[C@@H](N)Cc1ccccc1)C(=O)O.CC(N)(CC(=O)[C@@H](N)Cc1ccc(O)cc1)C(=O)O. The van der Waals surface area contributed by atoms with Crippen LogP contribution in [0.4, 0.5) is 0 Å². The lowest BCUT2D eigenvalue weighted by Crippen LogP contribution is -2.49. The molecule has 11 nitrogen and oxygen atoms in total. The van der Waals surface area contributed by atoms with E-state index >= 15 is 0 Å². The Morgan fingerprint density at radius 2 is 1.38 bits per heavy atom. The number of aromatic hydroxyl groups is 1. The van der Waals surface area contributed by atoms with Gasteiger partial charge in [0.1, 0.15) is 17.3 Å². The van der Waals surface area contributed by atoms with E-state index < -0.39 is 47.3 Å². The summed E-state index contributed by atoms with van der Waals surface area (Å²) in [5.41, 5.74) is 17.2. The fourth-order valence-electron chi connectivity index (χ4n) is 3.50. The summed E-state index contributed by atoms with van der Waals surface area (Å²) < 4.78 is 0. The zero-order chi connectivity index (χ0) is 29.8. The Balaban J connectivity index is 0.000000391. The summed E-state index contributed by atoms with van der Waals surface area (Å²) in [5.74, 6) is -2.79. The number of carbonyl (C=O) groups excluding carboxylic acids is 2. The molecule has 0 saturated carbocycles. The summed E-state index contributed by atoms with van der Waals surface area (Å²) in [4.78, 5) is 45.7. The van der Waals surface area contributed by atoms with Crippen molar-refractivity contribution in [3.8, 4) is 5.75 Å². The molecule has 10 N–H and O–H groups in total. The van der Waals surface area contributed by atoms with E-state index in [0.29, 0.717) is 12.8 Å². The van der Waals surface area contributed by atoms with Crippen molar-refractivity contribution < 1.29 is 34.5 Å². The molecule has 0 heterocycles. The minimum absolute atomic E-state index is 0.129. The lowest BCUT2D eigenvalue weighted by molar-refractivity contribution is -0.144. The van der Waals surface area contributed by atoms with Crippen LogP contribution in [0.15, 0.2) is 54.6 Å². The number of carboxylic acids is 2. The number of carboxylic acid groups (broad SMARTS) is 2. The van der Waals surface area contributed by atoms with Crippen LogP contribution in [0.2, 0.25) is 0 Å². The molecule has 39 heavy (non-hydrogen) atoms. The van der Waals surface area contributed by atoms with Crippen molar-refractivity contribution in [3.05, 3.63) is 65.7 Å². The number of hydrogen-bond acceptors (Lipinski definition) is 8. The maximum Gasteiger partial charge on any atom is 0.326 e. The summed E-state index contributed by atoms with van der Waals surface area (Å²) >= 11 is 0. The van der Waals surface area contributed by atoms with E-state index in [1.165, 1.54) is 19.1 Å². The Hall–Kier alpha value is -3.80. The van der Waals surface area contributed by atoms with Gasteiger partial charge in [-0.05, 0) is 55.4 Å². The third-order valence-corrected chi connectivity index (χ3v) is 5.79. The zero-order valence-corrected chi connectivity index (χ0v) is 22.5. The van der Waals surface area contributed by atoms with E-state index in [2.05, 4.69) is 5.32 Å². The first-order valence-corrected chi connectivity index (χ1v) is 12.5. The van der Waals surface area contributed by atoms with Gasteiger partial charge in [0.2, 0.25) is 5.91 Å². The topological polar surface area (TPSA) is 219 Å². The standard InChI is InChI=1S/C15H22N2O3.C13H18N2O4/c1-10(2)8-13(15(19)20)17-14(18)12(16)9-11-6-4-3-5-7-11;1-13(15,12(18)19)7-11(17)10(14)6-8-2-4-9(16)5-3-8/h3-7,10,12-13H,8-9,16H2,1-2H3,(H,17,18)(H,19,20);2-5,10,16H,6-7,14-15H2,1H3,(H,18,19)/t12-,13-;10-,13?/m00/s1. The third-order valence-electron chi connectivity index (χ3n) is 5.79. The lowest BCUT2D eigenvalue weighted by Gasteiger charge is -2.20. The summed E-state index contributed by atoms with van der Waals surface area (Å²) in [5, 5.41) is 29.6. The number of aliphatic carboxylic acids is 2. The fraction of sp³-hybridized carbons (Fsp3) is 0.429. The molecule has 0 radical (unpaired) electrons. The summed E-state index contributed by atoms with van der Waals surface area (Å²) in [6.45, 7) is 5.10. The van der Waals surface area contributed by atoms with Gasteiger partial charge in [-0.15, -0.1) is 0 Å². The van der Waals surface area contributed by atoms with Crippen LogP contribution in [-0.2, 0) is 32.0 Å². The van der Waals surface area contributed by atoms with Gasteiger partial charge in [-0.2, -0.15) is 0 Å². The smallest absolute Gasteiger partial charge is 0.326 e. The molecule has 0 aliphatic carbocycles. The van der Waals surface area contributed by atoms with Crippen molar-refractivity contribution in [1.29, 1.82) is 0 Å². The fourth-order valence-corrected chi connectivity index (χ4v) is 3.50. The van der Waals surface area contributed by atoms with Gasteiger partial charge in [0, 0.05) is 6.42 Å². The molecule has 2 aromatic rings. The van der Waals surface area contributed by atoms with E-state index in [1.807, 2.05) is 44.2 Å². The van der Waals surface area contributed by atoms with Crippen LogP contribution in [-0.4, -0.2) is 62.6 Å². The number of nitrogens with two attached hydrogens (primary N) is 3.